The molecule has 6 rings (SSSR count). The molecule has 0 saturated carbocycles. The Morgan fingerprint density at radius 3 is 2.33 bits per heavy atom. The van der Waals surface area contributed by atoms with E-state index >= 15 is 0 Å². The van der Waals surface area contributed by atoms with Crippen molar-refractivity contribution in [1.82, 2.24) is 19.4 Å². The lowest BCUT2D eigenvalue weighted by Gasteiger charge is -2.34. The summed E-state index contributed by atoms with van der Waals surface area (Å²) in [4.78, 5) is 21.5. The number of hydrogen-bond donors (Lipinski definition) is 1. The van der Waals surface area contributed by atoms with E-state index in [1.807, 2.05) is 12.1 Å². The molecule has 1 saturated heterocycles. The monoisotopic (exact) mass is 697 g/mol. The van der Waals surface area contributed by atoms with Gasteiger partial charge in [0.15, 0.2) is 6.61 Å². The Kier molecular flexibility index (Phi) is 9.48. The number of carbonyl (C=O) groups excluding carboxylic acids is 1. The van der Waals surface area contributed by atoms with Crippen molar-refractivity contribution in [1.29, 1.82) is 0 Å². The van der Waals surface area contributed by atoms with E-state index in [1.54, 1.807) is 40.8 Å². The summed E-state index contributed by atoms with van der Waals surface area (Å²) in [7, 11) is -2.21. The van der Waals surface area contributed by atoms with Crippen molar-refractivity contribution in [3.05, 3.63) is 108 Å². The number of carbonyl (C=O) groups is 1. The van der Waals surface area contributed by atoms with Crippen LogP contribution in [0.1, 0.15) is 16.1 Å². The van der Waals surface area contributed by atoms with E-state index < -0.39 is 28.6 Å². The van der Waals surface area contributed by atoms with Crippen molar-refractivity contribution < 1.29 is 40.2 Å². The Hall–Kier alpha value is -5.15. The van der Waals surface area contributed by atoms with Gasteiger partial charge in [-0.05, 0) is 60.2 Å². The number of aryl methyl sites for hydroxylation is 1. The van der Waals surface area contributed by atoms with Gasteiger partial charge in [0.25, 0.3) is 15.9 Å². The number of piperazine rings is 1. The van der Waals surface area contributed by atoms with E-state index in [1.165, 1.54) is 42.6 Å². The molecule has 0 aliphatic carbocycles. The number of sulfonamides is 1. The number of rotatable bonds is 10. The summed E-state index contributed by atoms with van der Waals surface area (Å²) < 4.78 is 90.7. The maximum absolute atomic E-state index is 13.5. The van der Waals surface area contributed by atoms with Gasteiger partial charge in [0.1, 0.15) is 23.0 Å². The Labute approximate surface area is 279 Å². The zero-order chi connectivity index (χ0) is 34.8. The molecule has 3 aromatic carbocycles. The van der Waals surface area contributed by atoms with Crippen LogP contribution < -0.4 is 14.2 Å². The molecule has 0 atom stereocenters. The highest BCUT2D eigenvalue weighted by Crippen LogP contribution is 2.28. The fourth-order valence-electron chi connectivity index (χ4n) is 5.43. The molecule has 1 amide bonds. The molecule has 5 aromatic rings. The Balaban J connectivity index is 1.04. The molecule has 0 bridgehead atoms. The van der Waals surface area contributed by atoms with Gasteiger partial charge in [-0.3, -0.25) is 14.4 Å². The van der Waals surface area contributed by atoms with Crippen molar-refractivity contribution in [2.75, 3.05) is 37.5 Å². The average Bonchev–Trinajstić information content (AvgIpc) is 3.40. The molecule has 0 spiro atoms. The minimum Gasteiger partial charge on any atom is -0.484 e. The summed E-state index contributed by atoms with van der Waals surface area (Å²) in [6, 6.07) is 21.3. The summed E-state index contributed by atoms with van der Waals surface area (Å²) in [6.07, 6.45) is -3.10. The molecule has 0 unspecified atom stereocenters. The van der Waals surface area contributed by atoms with Crippen LogP contribution in [0.15, 0.2) is 96.0 Å². The third kappa shape index (κ3) is 8.29. The number of aromatic nitrogens is 2. The number of fused-ring (bicyclic) bond motifs is 1. The minimum atomic E-state index is -4.39. The topological polar surface area (TPSA) is 106 Å². The van der Waals surface area contributed by atoms with Crippen LogP contribution in [0.25, 0.3) is 10.9 Å². The molecule has 1 aliphatic heterocycles. The first kappa shape index (κ1) is 33.7. The molecule has 49 heavy (non-hydrogen) atoms. The third-order valence-electron chi connectivity index (χ3n) is 7.94. The second-order valence-electron chi connectivity index (χ2n) is 11.5. The lowest BCUT2D eigenvalue weighted by atomic mass is 10.2. The van der Waals surface area contributed by atoms with E-state index in [-0.39, 0.29) is 28.1 Å². The summed E-state index contributed by atoms with van der Waals surface area (Å²) in [5, 5.41) is 0.842. The maximum Gasteiger partial charge on any atom is 0.422 e. The molecule has 2 aromatic heterocycles. The summed E-state index contributed by atoms with van der Waals surface area (Å²) >= 11 is 0. The second kappa shape index (κ2) is 13.8. The molecular weight excluding hydrogens is 666 g/mol. The number of hydrogen-bond acceptors (Lipinski definition) is 7. The van der Waals surface area contributed by atoms with Gasteiger partial charge in [0.05, 0.1) is 22.3 Å². The zero-order valence-electron chi connectivity index (χ0n) is 26.2. The van der Waals surface area contributed by atoms with Crippen molar-refractivity contribution >= 4 is 32.5 Å². The van der Waals surface area contributed by atoms with Gasteiger partial charge in [-0.1, -0.05) is 18.2 Å². The van der Waals surface area contributed by atoms with Crippen LogP contribution in [0.4, 0.5) is 23.2 Å². The highest BCUT2D eigenvalue weighted by atomic mass is 32.2. The molecular formula is C34H31F4N5O5S. The normalized spacial score (nSPS) is 14.2. The number of benzene rings is 3. The zero-order valence-corrected chi connectivity index (χ0v) is 27.0. The van der Waals surface area contributed by atoms with Crippen LogP contribution in [-0.4, -0.2) is 72.6 Å². The molecule has 1 aliphatic rings. The van der Waals surface area contributed by atoms with Crippen molar-refractivity contribution in [3.8, 4) is 17.4 Å². The largest absolute Gasteiger partial charge is 0.484 e. The van der Waals surface area contributed by atoms with Crippen LogP contribution in [0.5, 0.6) is 17.4 Å². The molecule has 15 heteroatoms. The van der Waals surface area contributed by atoms with Gasteiger partial charge in [-0.25, -0.2) is 17.8 Å². The first-order valence-electron chi connectivity index (χ1n) is 15.1. The van der Waals surface area contributed by atoms with Crippen LogP contribution in [0.3, 0.4) is 0 Å². The number of alkyl halides is 3. The molecule has 0 radical (unpaired) electrons. The standard InChI is InChI=1S/C34H31F4N5O5S/c1-41-30-19-28(48-32-12-8-26(20-39-32)40-49(45,46)29-4-2-3-25(35)18-29)11-7-24(30)17-31(41)33(44)43-15-13-42(14-16-43)21-23-5-9-27(10-6-23)47-22-34(36,37)38/h2-12,17-20,40H,13-16,21-22H2,1H3. The van der Waals surface area contributed by atoms with Gasteiger partial charge < -0.3 is 18.9 Å². The van der Waals surface area contributed by atoms with E-state index in [0.29, 0.717) is 44.2 Å². The number of pyridine rings is 1. The van der Waals surface area contributed by atoms with E-state index in [9.17, 15) is 30.8 Å². The van der Waals surface area contributed by atoms with Crippen molar-refractivity contribution in [2.24, 2.45) is 7.05 Å². The fraction of sp³-hybridized carbons (Fsp3) is 0.235. The van der Waals surface area contributed by atoms with Crippen molar-refractivity contribution in [2.45, 2.75) is 17.6 Å². The van der Waals surface area contributed by atoms with Crippen molar-refractivity contribution in [3.63, 3.8) is 0 Å². The number of nitrogens with one attached hydrogen (secondary N) is 1. The predicted molar refractivity (Wildman–Crippen MR) is 174 cm³/mol. The smallest absolute Gasteiger partial charge is 0.422 e. The number of nitrogens with zero attached hydrogens (tertiary/aromatic N) is 4. The van der Waals surface area contributed by atoms with E-state index in [4.69, 9.17) is 9.47 Å². The summed E-state index contributed by atoms with van der Waals surface area (Å²) in [6.45, 7) is 1.57. The predicted octanol–water partition coefficient (Wildman–Crippen LogP) is 6.20. The lowest BCUT2D eigenvalue weighted by Crippen LogP contribution is -2.48. The molecule has 10 nitrogen and oxygen atoms in total. The second-order valence-corrected chi connectivity index (χ2v) is 13.2. The third-order valence-corrected chi connectivity index (χ3v) is 9.32. The van der Waals surface area contributed by atoms with Crippen LogP contribution in [-0.2, 0) is 23.6 Å². The molecule has 1 fully saturated rings. The number of ether oxygens (including phenoxy) is 2. The van der Waals surface area contributed by atoms with Crippen LogP contribution >= 0.6 is 0 Å². The Bertz CT molecular complexity index is 2060. The van der Waals surface area contributed by atoms with Gasteiger partial charge in [-0.2, -0.15) is 13.2 Å². The fourth-order valence-corrected chi connectivity index (χ4v) is 6.51. The average molecular weight is 698 g/mol. The van der Waals surface area contributed by atoms with Gasteiger partial charge in [0, 0.05) is 57.3 Å². The number of amides is 1. The van der Waals surface area contributed by atoms with E-state index in [0.717, 1.165) is 28.6 Å². The van der Waals surface area contributed by atoms with E-state index in [2.05, 4.69) is 14.6 Å². The van der Waals surface area contributed by atoms with Gasteiger partial charge >= 0.3 is 6.18 Å². The molecule has 1 N–H and O–H groups in total. The van der Waals surface area contributed by atoms with Gasteiger partial charge in [-0.15, -0.1) is 0 Å². The van der Waals surface area contributed by atoms with Crippen LogP contribution in [0.2, 0.25) is 0 Å². The quantitative estimate of drug-likeness (QED) is 0.173. The van der Waals surface area contributed by atoms with Crippen LogP contribution in [0, 0.1) is 5.82 Å². The minimum absolute atomic E-state index is 0.107. The number of halogens is 4. The highest BCUT2D eigenvalue weighted by molar-refractivity contribution is 7.92. The highest BCUT2D eigenvalue weighted by Gasteiger charge is 2.28. The summed E-state index contributed by atoms with van der Waals surface area (Å²) in [5.74, 6) is 0.0509. The lowest BCUT2D eigenvalue weighted by molar-refractivity contribution is -0.153. The van der Waals surface area contributed by atoms with Gasteiger partial charge in [0.2, 0.25) is 5.88 Å². The summed E-state index contributed by atoms with van der Waals surface area (Å²) in [5.41, 5.74) is 2.39. The first-order valence-corrected chi connectivity index (χ1v) is 16.6. The Morgan fingerprint density at radius 1 is 0.918 bits per heavy atom. The first-order chi connectivity index (χ1) is 23.3. The molecule has 3 heterocycles. The maximum atomic E-state index is 13.5. The Morgan fingerprint density at radius 2 is 1.65 bits per heavy atom. The number of anilines is 1. The molecule has 256 valence electrons. The SMILES string of the molecule is Cn1c(C(=O)N2CCN(Cc3ccc(OCC(F)(F)F)cc3)CC2)cc2ccc(Oc3ccc(NS(=O)(=O)c4cccc(F)c4)cn3)cc21.